The SMILES string of the molecule is COC(=O)c1cc(N=N/C(C(=O)Nc2ccc(OCCO)cc2)=C(\C)O)cc(C(=O)OC)c1. The molecule has 0 radical (unpaired) electrons. The van der Waals surface area contributed by atoms with Gasteiger partial charge in [0.2, 0.25) is 0 Å². The molecule has 0 aliphatic carbocycles. The number of hydrogen-bond donors (Lipinski definition) is 3. The molecule has 0 heterocycles. The summed E-state index contributed by atoms with van der Waals surface area (Å²) in [6.45, 7) is 1.26. The zero-order chi connectivity index (χ0) is 24.4. The molecule has 0 fully saturated rings. The van der Waals surface area contributed by atoms with E-state index in [0.717, 1.165) is 0 Å². The van der Waals surface area contributed by atoms with Gasteiger partial charge in [0, 0.05) is 5.69 Å². The summed E-state index contributed by atoms with van der Waals surface area (Å²) < 4.78 is 14.6. The van der Waals surface area contributed by atoms with Crippen LogP contribution in [0.1, 0.15) is 27.6 Å². The molecule has 2 aromatic carbocycles. The van der Waals surface area contributed by atoms with Crippen molar-refractivity contribution in [1.29, 1.82) is 0 Å². The van der Waals surface area contributed by atoms with E-state index in [0.29, 0.717) is 11.4 Å². The third-order valence-electron chi connectivity index (χ3n) is 4.06. The molecule has 11 nitrogen and oxygen atoms in total. The third-order valence-corrected chi connectivity index (χ3v) is 4.06. The molecule has 33 heavy (non-hydrogen) atoms. The van der Waals surface area contributed by atoms with E-state index in [1.807, 2.05) is 0 Å². The number of methoxy groups -OCH3 is 2. The lowest BCUT2D eigenvalue weighted by Crippen LogP contribution is -2.14. The fourth-order valence-corrected chi connectivity index (χ4v) is 2.52. The number of benzene rings is 2. The van der Waals surface area contributed by atoms with Crippen molar-refractivity contribution in [1.82, 2.24) is 0 Å². The highest BCUT2D eigenvalue weighted by molar-refractivity contribution is 6.03. The van der Waals surface area contributed by atoms with Gasteiger partial charge in [-0.15, -0.1) is 5.11 Å². The number of rotatable bonds is 9. The van der Waals surface area contributed by atoms with E-state index in [1.165, 1.54) is 39.3 Å². The van der Waals surface area contributed by atoms with Crippen molar-refractivity contribution in [2.75, 3.05) is 32.8 Å². The van der Waals surface area contributed by atoms with Crippen molar-refractivity contribution in [2.45, 2.75) is 6.92 Å². The monoisotopic (exact) mass is 457 g/mol. The van der Waals surface area contributed by atoms with Crippen molar-refractivity contribution in [3.8, 4) is 5.75 Å². The molecule has 3 N–H and O–H groups in total. The first-order valence-electron chi connectivity index (χ1n) is 9.57. The van der Waals surface area contributed by atoms with Crippen molar-refractivity contribution in [3.63, 3.8) is 0 Å². The van der Waals surface area contributed by atoms with E-state index in [2.05, 4.69) is 25.0 Å². The van der Waals surface area contributed by atoms with Gasteiger partial charge in [-0.2, -0.15) is 5.11 Å². The summed E-state index contributed by atoms with van der Waals surface area (Å²) in [6.07, 6.45) is 0. The highest BCUT2D eigenvalue weighted by Crippen LogP contribution is 2.22. The van der Waals surface area contributed by atoms with Gasteiger partial charge in [-0.3, -0.25) is 4.79 Å². The van der Waals surface area contributed by atoms with E-state index in [4.69, 9.17) is 9.84 Å². The second kappa shape index (κ2) is 12.0. The second-order valence-corrected chi connectivity index (χ2v) is 6.44. The van der Waals surface area contributed by atoms with Crippen LogP contribution in [0.5, 0.6) is 5.75 Å². The van der Waals surface area contributed by atoms with Gasteiger partial charge in [0.15, 0.2) is 5.70 Å². The number of allylic oxidation sites excluding steroid dienone is 1. The third kappa shape index (κ3) is 7.14. The number of azo groups is 1. The number of amides is 1. The standard InChI is InChI=1S/C22H23N3O8/c1-13(27)19(20(28)23-16-4-6-18(7-5-16)33-9-8-26)25-24-17-11-14(21(29)31-2)10-15(12-17)22(30)32-3/h4-7,10-12,26-27H,8-9H2,1-3H3,(H,23,28)/b19-13+,25-24?. The van der Waals surface area contributed by atoms with E-state index in [-0.39, 0.29) is 30.0 Å². The van der Waals surface area contributed by atoms with Crippen LogP contribution in [0.25, 0.3) is 0 Å². The smallest absolute Gasteiger partial charge is 0.337 e. The number of esters is 2. The van der Waals surface area contributed by atoms with E-state index < -0.39 is 29.3 Å². The number of aliphatic hydroxyl groups is 2. The van der Waals surface area contributed by atoms with Crippen LogP contribution < -0.4 is 10.1 Å². The number of anilines is 1. The van der Waals surface area contributed by atoms with E-state index in [1.54, 1.807) is 24.3 Å². The lowest BCUT2D eigenvalue weighted by molar-refractivity contribution is -0.113. The second-order valence-electron chi connectivity index (χ2n) is 6.44. The summed E-state index contributed by atoms with van der Waals surface area (Å²) in [5.74, 6) is -2.08. The lowest BCUT2D eigenvalue weighted by Gasteiger charge is -2.08. The largest absolute Gasteiger partial charge is 0.510 e. The zero-order valence-corrected chi connectivity index (χ0v) is 18.2. The molecule has 0 spiro atoms. The maximum absolute atomic E-state index is 12.6. The Morgan fingerprint density at radius 1 is 0.970 bits per heavy atom. The fourth-order valence-electron chi connectivity index (χ4n) is 2.52. The van der Waals surface area contributed by atoms with Crippen LogP contribution in [0, 0.1) is 0 Å². The van der Waals surface area contributed by atoms with Gasteiger partial charge in [0.1, 0.15) is 18.1 Å². The van der Waals surface area contributed by atoms with Gasteiger partial charge in [0.05, 0.1) is 37.6 Å². The van der Waals surface area contributed by atoms with E-state index in [9.17, 15) is 19.5 Å². The van der Waals surface area contributed by atoms with Crippen molar-refractivity contribution in [2.24, 2.45) is 10.2 Å². The Labute approximate surface area is 189 Å². The van der Waals surface area contributed by atoms with Gasteiger partial charge in [-0.05, 0) is 49.4 Å². The maximum atomic E-state index is 12.6. The predicted molar refractivity (Wildman–Crippen MR) is 117 cm³/mol. The van der Waals surface area contributed by atoms with Crippen LogP contribution in [0.2, 0.25) is 0 Å². The number of carbonyl (C=O) groups is 3. The highest BCUT2D eigenvalue weighted by atomic mass is 16.5. The summed E-state index contributed by atoms with van der Waals surface area (Å²) in [5, 5.41) is 28.9. The molecule has 0 unspecified atom stereocenters. The summed E-state index contributed by atoms with van der Waals surface area (Å²) >= 11 is 0. The Hall–Kier alpha value is -4.25. The van der Waals surface area contributed by atoms with Crippen molar-refractivity contribution in [3.05, 3.63) is 65.0 Å². The van der Waals surface area contributed by atoms with Crippen LogP contribution in [0.4, 0.5) is 11.4 Å². The molecule has 2 rings (SSSR count). The molecule has 0 aromatic heterocycles. The average molecular weight is 457 g/mol. The Bertz CT molecular complexity index is 1040. The predicted octanol–water partition coefficient (Wildman–Crippen LogP) is 3.14. The zero-order valence-electron chi connectivity index (χ0n) is 18.2. The summed E-state index contributed by atoms with van der Waals surface area (Å²) in [7, 11) is 2.36. The first kappa shape index (κ1) is 25.0. The topological polar surface area (TPSA) is 156 Å². The number of carbonyl (C=O) groups excluding carboxylic acids is 3. The minimum atomic E-state index is -0.750. The molecule has 0 saturated heterocycles. The number of nitrogens with zero attached hydrogens (tertiary/aromatic N) is 2. The molecule has 0 aliphatic rings. The number of hydrogen-bond acceptors (Lipinski definition) is 10. The molecule has 11 heteroatoms. The molecular formula is C22H23N3O8. The van der Waals surface area contributed by atoms with Gasteiger partial charge < -0.3 is 29.7 Å². The average Bonchev–Trinajstić information content (AvgIpc) is 2.82. The molecule has 0 saturated carbocycles. The summed E-state index contributed by atoms with van der Waals surface area (Å²) in [5.41, 5.74) is 0.0991. The molecule has 0 atom stereocenters. The molecule has 2 aromatic rings. The first-order valence-corrected chi connectivity index (χ1v) is 9.57. The number of nitrogens with one attached hydrogen (secondary N) is 1. The van der Waals surface area contributed by atoms with Gasteiger partial charge in [0.25, 0.3) is 5.91 Å². The van der Waals surface area contributed by atoms with Crippen LogP contribution >= 0.6 is 0 Å². The lowest BCUT2D eigenvalue weighted by atomic mass is 10.1. The molecular weight excluding hydrogens is 434 g/mol. The van der Waals surface area contributed by atoms with Crippen molar-refractivity contribution >= 4 is 29.2 Å². The normalized spacial score (nSPS) is 11.5. The molecule has 0 aliphatic heterocycles. The van der Waals surface area contributed by atoms with Gasteiger partial charge in [-0.25, -0.2) is 9.59 Å². The highest BCUT2D eigenvalue weighted by Gasteiger charge is 2.16. The number of aliphatic hydroxyl groups excluding tert-OH is 2. The quantitative estimate of drug-likeness (QED) is 0.224. The van der Waals surface area contributed by atoms with Crippen LogP contribution in [-0.4, -0.2) is 55.5 Å². The van der Waals surface area contributed by atoms with Crippen molar-refractivity contribution < 1.29 is 38.8 Å². The fraction of sp³-hybridized carbons (Fsp3) is 0.227. The number of ether oxygens (including phenoxy) is 3. The van der Waals surface area contributed by atoms with E-state index >= 15 is 0 Å². The molecule has 1 amide bonds. The van der Waals surface area contributed by atoms with Crippen LogP contribution in [0.15, 0.2) is 64.1 Å². The van der Waals surface area contributed by atoms with Crippen LogP contribution in [-0.2, 0) is 14.3 Å². The molecule has 0 bridgehead atoms. The molecule has 174 valence electrons. The Kier molecular flexibility index (Phi) is 9.06. The van der Waals surface area contributed by atoms with Gasteiger partial charge in [-0.1, -0.05) is 0 Å². The Morgan fingerprint density at radius 3 is 2.03 bits per heavy atom. The maximum Gasteiger partial charge on any atom is 0.337 e. The Morgan fingerprint density at radius 2 is 1.55 bits per heavy atom. The Balaban J connectivity index is 2.26. The minimum Gasteiger partial charge on any atom is -0.510 e. The van der Waals surface area contributed by atoms with Crippen LogP contribution in [0.3, 0.4) is 0 Å². The minimum absolute atomic E-state index is 0.0218. The first-order chi connectivity index (χ1) is 15.8. The van der Waals surface area contributed by atoms with Gasteiger partial charge >= 0.3 is 11.9 Å². The summed E-state index contributed by atoms with van der Waals surface area (Å²) in [6, 6.07) is 10.2. The summed E-state index contributed by atoms with van der Waals surface area (Å²) in [4.78, 5) is 36.4.